The van der Waals surface area contributed by atoms with E-state index in [0.29, 0.717) is 6.54 Å². The summed E-state index contributed by atoms with van der Waals surface area (Å²) in [5, 5.41) is 16.7. The predicted molar refractivity (Wildman–Crippen MR) is 38.0 cm³/mol. The Kier molecular flexibility index (Phi) is 2.32. The molecule has 0 radical (unpaired) electrons. The Morgan fingerprint density at radius 2 is 2.64 bits per heavy atom. The maximum Gasteiger partial charge on any atom is 0.306 e. The lowest BCUT2D eigenvalue weighted by molar-refractivity contribution is -0.137. The fourth-order valence-corrected chi connectivity index (χ4v) is 1.19. The number of halogens is 1. The third-order valence-electron chi connectivity index (χ3n) is 1.50. The Labute approximate surface area is 69.0 Å². The molecular formula is C6H7ClN2O2. The van der Waals surface area contributed by atoms with Gasteiger partial charge in [0.05, 0.1) is 18.0 Å². The molecule has 5 heteroatoms. The molecule has 1 fully saturated rings. The highest BCUT2D eigenvalue weighted by Gasteiger charge is 2.39. The second-order valence-electron chi connectivity index (χ2n) is 2.37. The third kappa shape index (κ3) is 2.07. The summed E-state index contributed by atoms with van der Waals surface area (Å²) in [6.07, 6.45) is -0.111. The maximum absolute atomic E-state index is 10.1. The van der Waals surface area contributed by atoms with Gasteiger partial charge in [-0.25, -0.2) is 0 Å². The molecule has 0 aromatic carbocycles. The van der Waals surface area contributed by atoms with E-state index in [9.17, 15) is 4.79 Å². The number of nitrogens with zero attached hydrogens (tertiary/aromatic N) is 2. The predicted octanol–water partition coefficient (Wildman–Crippen LogP) is 0.234. The van der Waals surface area contributed by atoms with Crippen LogP contribution in [0.2, 0.25) is 0 Å². The van der Waals surface area contributed by atoms with Crippen molar-refractivity contribution in [3.05, 3.63) is 0 Å². The maximum atomic E-state index is 10.1. The highest BCUT2D eigenvalue weighted by molar-refractivity contribution is 6.21. The summed E-state index contributed by atoms with van der Waals surface area (Å²) in [7, 11) is 0. The first kappa shape index (κ1) is 8.31. The van der Waals surface area contributed by atoms with Gasteiger partial charge >= 0.3 is 5.97 Å². The van der Waals surface area contributed by atoms with Gasteiger partial charge in [0, 0.05) is 6.54 Å². The lowest BCUT2D eigenvalue weighted by Crippen LogP contribution is -2.17. The second kappa shape index (κ2) is 3.07. The molecule has 60 valence electrons. The number of carboxylic acids is 1. The zero-order chi connectivity index (χ0) is 8.43. The number of carbonyl (C=O) groups is 1. The van der Waals surface area contributed by atoms with Gasteiger partial charge in [0.1, 0.15) is 6.04 Å². The molecule has 0 aliphatic carbocycles. The van der Waals surface area contributed by atoms with Gasteiger partial charge < -0.3 is 5.11 Å². The summed E-state index contributed by atoms with van der Waals surface area (Å²) in [6, 6.07) is 1.82. The van der Waals surface area contributed by atoms with Crippen LogP contribution < -0.4 is 0 Å². The summed E-state index contributed by atoms with van der Waals surface area (Å²) in [4.78, 5) is 11.8. The molecule has 11 heavy (non-hydrogen) atoms. The van der Waals surface area contributed by atoms with Crippen LogP contribution in [0.4, 0.5) is 0 Å². The summed E-state index contributed by atoms with van der Waals surface area (Å²) < 4.78 is 0. The topological polar surface area (TPSA) is 64.1 Å². The van der Waals surface area contributed by atoms with E-state index in [4.69, 9.17) is 22.0 Å². The van der Waals surface area contributed by atoms with Crippen LogP contribution in [0.5, 0.6) is 0 Å². The van der Waals surface area contributed by atoms with E-state index in [2.05, 4.69) is 0 Å². The molecule has 0 aromatic rings. The Morgan fingerprint density at radius 1 is 2.00 bits per heavy atom. The van der Waals surface area contributed by atoms with Gasteiger partial charge in [-0.05, 0) is 0 Å². The molecule has 1 aliphatic rings. The molecule has 1 aliphatic heterocycles. The van der Waals surface area contributed by atoms with E-state index in [-0.39, 0.29) is 12.5 Å². The van der Waals surface area contributed by atoms with Crippen molar-refractivity contribution in [3.63, 3.8) is 0 Å². The molecular weight excluding hydrogens is 168 g/mol. The first-order valence-electron chi connectivity index (χ1n) is 3.16. The van der Waals surface area contributed by atoms with Crippen molar-refractivity contribution in [3.8, 4) is 6.07 Å². The van der Waals surface area contributed by atoms with E-state index in [1.54, 1.807) is 4.90 Å². The monoisotopic (exact) mass is 174 g/mol. The van der Waals surface area contributed by atoms with Gasteiger partial charge in [0.15, 0.2) is 0 Å². The number of hydrogen-bond donors (Lipinski definition) is 1. The molecule has 0 bridgehead atoms. The van der Waals surface area contributed by atoms with Crippen molar-refractivity contribution in [2.75, 3.05) is 6.54 Å². The summed E-state index contributed by atoms with van der Waals surface area (Å²) in [5.41, 5.74) is -0.530. The third-order valence-corrected chi connectivity index (χ3v) is 1.91. The van der Waals surface area contributed by atoms with Crippen LogP contribution in [0.3, 0.4) is 0 Å². The summed E-state index contributed by atoms with van der Waals surface area (Å²) in [5.74, 6) is -0.936. The number of nitriles is 1. The zero-order valence-corrected chi connectivity index (χ0v) is 6.45. The fourth-order valence-electron chi connectivity index (χ4n) is 0.839. The van der Waals surface area contributed by atoms with E-state index in [1.165, 1.54) is 0 Å². The molecule has 4 nitrogen and oxygen atoms in total. The first-order chi connectivity index (χ1) is 5.15. The van der Waals surface area contributed by atoms with Crippen LogP contribution in [-0.4, -0.2) is 34.1 Å². The number of hydrogen-bond acceptors (Lipinski definition) is 3. The van der Waals surface area contributed by atoms with Gasteiger partial charge in [-0.1, -0.05) is 0 Å². The molecule has 0 spiro atoms. The first-order valence-corrected chi connectivity index (χ1v) is 3.60. The normalized spacial score (nSPS) is 30.5. The molecule has 0 aromatic heterocycles. The zero-order valence-electron chi connectivity index (χ0n) is 5.70. The van der Waals surface area contributed by atoms with Gasteiger partial charge in [-0.2, -0.15) is 5.26 Å². The Morgan fingerprint density at radius 3 is 3.00 bits per heavy atom. The van der Waals surface area contributed by atoms with Gasteiger partial charge in [-0.15, -0.1) is 11.6 Å². The van der Waals surface area contributed by atoms with Gasteiger partial charge in [0.25, 0.3) is 0 Å². The Bertz CT molecular complexity index is 213. The quantitative estimate of drug-likeness (QED) is 0.378. The highest BCUT2D eigenvalue weighted by Crippen LogP contribution is 2.24. The smallest absolute Gasteiger partial charge is 0.306 e. The molecule has 1 rings (SSSR count). The molecule has 0 saturated carbocycles. The standard InChI is InChI=1S/C6H7ClN2O2/c7-5(1-6(10)11)9-3-4(9)2-8/h4-5H,1,3H2,(H,10,11). The molecule has 1 heterocycles. The van der Waals surface area contributed by atoms with Crippen LogP contribution in [0.15, 0.2) is 0 Å². The highest BCUT2D eigenvalue weighted by atomic mass is 35.5. The SMILES string of the molecule is N#CC1CN1C(Cl)CC(=O)O. The number of alkyl halides is 1. The minimum atomic E-state index is -0.936. The minimum Gasteiger partial charge on any atom is -0.481 e. The van der Waals surface area contributed by atoms with E-state index in [0.717, 1.165) is 0 Å². The van der Waals surface area contributed by atoms with Crippen LogP contribution >= 0.6 is 11.6 Å². The van der Waals surface area contributed by atoms with E-state index in [1.807, 2.05) is 6.07 Å². The number of rotatable bonds is 3. The van der Waals surface area contributed by atoms with Gasteiger partial charge in [0.2, 0.25) is 0 Å². The van der Waals surface area contributed by atoms with Crippen LogP contribution in [0, 0.1) is 11.3 Å². The number of carboxylic acid groups (broad SMARTS) is 1. The molecule has 1 N–H and O–H groups in total. The van der Waals surface area contributed by atoms with Crippen molar-refractivity contribution in [1.82, 2.24) is 4.90 Å². The lowest BCUT2D eigenvalue weighted by Gasteiger charge is -2.05. The summed E-state index contributed by atoms with van der Waals surface area (Å²) >= 11 is 5.64. The van der Waals surface area contributed by atoms with Crippen molar-refractivity contribution in [2.45, 2.75) is 18.0 Å². The van der Waals surface area contributed by atoms with Crippen molar-refractivity contribution in [2.24, 2.45) is 0 Å². The molecule has 3 atom stereocenters. The summed E-state index contributed by atoms with van der Waals surface area (Å²) in [6.45, 7) is 0.595. The average molecular weight is 175 g/mol. The lowest BCUT2D eigenvalue weighted by atomic mass is 10.4. The Balaban J connectivity index is 2.29. The largest absolute Gasteiger partial charge is 0.481 e. The van der Waals surface area contributed by atoms with Gasteiger partial charge in [-0.3, -0.25) is 9.69 Å². The molecule has 1 saturated heterocycles. The van der Waals surface area contributed by atoms with Crippen LogP contribution in [0.25, 0.3) is 0 Å². The van der Waals surface area contributed by atoms with Crippen molar-refractivity contribution >= 4 is 17.6 Å². The van der Waals surface area contributed by atoms with Crippen LogP contribution in [0.1, 0.15) is 6.42 Å². The number of aliphatic carboxylic acids is 1. The van der Waals surface area contributed by atoms with Crippen molar-refractivity contribution < 1.29 is 9.90 Å². The van der Waals surface area contributed by atoms with Crippen LogP contribution in [-0.2, 0) is 4.79 Å². The Hall–Kier alpha value is -0.790. The molecule has 0 amide bonds. The fraction of sp³-hybridized carbons (Fsp3) is 0.667. The molecule has 3 unspecified atom stereocenters. The minimum absolute atomic E-state index is 0.111. The second-order valence-corrected chi connectivity index (χ2v) is 2.88. The van der Waals surface area contributed by atoms with E-state index >= 15 is 0 Å². The average Bonchev–Trinajstić information content (AvgIpc) is 2.63. The van der Waals surface area contributed by atoms with Crippen molar-refractivity contribution in [1.29, 1.82) is 5.26 Å². The van der Waals surface area contributed by atoms with E-state index < -0.39 is 11.5 Å².